The maximum absolute atomic E-state index is 6.00. The van der Waals surface area contributed by atoms with E-state index < -0.39 is 0 Å². The number of hydrogen-bond acceptors (Lipinski definition) is 3. The Labute approximate surface area is 165 Å². The molecule has 152 valence electrons. The van der Waals surface area contributed by atoms with Crippen molar-refractivity contribution in [3.8, 4) is 5.75 Å². The first-order chi connectivity index (χ1) is 13.2. The normalized spacial score (nSPS) is 15.7. The van der Waals surface area contributed by atoms with E-state index in [1.165, 1.54) is 24.8 Å². The van der Waals surface area contributed by atoms with Gasteiger partial charge in [-0.1, -0.05) is 32.0 Å². The Morgan fingerprint density at radius 3 is 2.67 bits per heavy atom. The smallest absolute Gasteiger partial charge is 0.191 e. The fourth-order valence-corrected chi connectivity index (χ4v) is 3.12. The summed E-state index contributed by atoms with van der Waals surface area (Å²) in [7, 11) is 1.83. The van der Waals surface area contributed by atoms with Crippen LogP contribution in [0.1, 0.15) is 52.0 Å². The van der Waals surface area contributed by atoms with Crippen LogP contribution in [-0.2, 0) is 6.54 Å². The van der Waals surface area contributed by atoms with Gasteiger partial charge < -0.3 is 20.3 Å². The highest BCUT2D eigenvalue weighted by molar-refractivity contribution is 5.79. The van der Waals surface area contributed by atoms with E-state index in [4.69, 9.17) is 4.74 Å². The molecule has 0 aromatic heterocycles. The van der Waals surface area contributed by atoms with Gasteiger partial charge in [0.2, 0.25) is 0 Å². The van der Waals surface area contributed by atoms with Crippen LogP contribution in [0.5, 0.6) is 5.75 Å². The van der Waals surface area contributed by atoms with Gasteiger partial charge in [-0.3, -0.25) is 4.99 Å². The second-order valence-electron chi connectivity index (χ2n) is 7.50. The van der Waals surface area contributed by atoms with Crippen molar-refractivity contribution >= 4 is 5.96 Å². The second kappa shape index (κ2) is 11.9. The van der Waals surface area contributed by atoms with Crippen LogP contribution < -0.4 is 15.4 Å². The molecular formula is C22H38N4O. The molecule has 1 atom stereocenters. The fraction of sp³-hybridized carbons (Fsp3) is 0.682. The van der Waals surface area contributed by atoms with Gasteiger partial charge in [-0.15, -0.1) is 0 Å². The molecule has 2 rings (SSSR count). The lowest BCUT2D eigenvalue weighted by Crippen LogP contribution is -2.42. The fourth-order valence-electron chi connectivity index (χ4n) is 3.12. The van der Waals surface area contributed by atoms with Crippen LogP contribution in [-0.4, -0.2) is 50.2 Å². The molecule has 0 radical (unpaired) electrons. The van der Waals surface area contributed by atoms with Crippen LogP contribution in [0.4, 0.5) is 0 Å². The summed E-state index contributed by atoms with van der Waals surface area (Å²) in [6, 6.07) is 8.68. The highest BCUT2D eigenvalue weighted by Gasteiger charge is 2.22. The van der Waals surface area contributed by atoms with Crippen molar-refractivity contribution in [2.45, 2.75) is 59.0 Å². The average molecular weight is 375 g/mol. The minimum atomic E-state index is 0.396. The number of nitrogens with zero attached hydrogens (tertiary/aromatic N) is 2. The molecule has 5 nitrogen and oxygen atoms in total. The highest BCUT2D eigenvalue weighted by Crippen LogP contribution is 2.30. The molecule has 1 fully saturated rings. The van der Waals surface area contributed by atoms with E-state index >= 15 is 0 Å². The number of aliphatic imine (C=N–C) groups is 1. The molecule has 0 saturated heterocycles. The van der Waals surface area contributed by atoms with Gasteiger partial charge in [-0.2, -0.15) is 0 Å². The Hall–Kier alpha value is -1.75. The quantitative estimate of drug-likeness (QED) is 0.433. The Kier molecular flexibility index (Phi) is 9.46. The lowest BCUT2D eigenvalue weighted by atomic mass is 10.1. The lowest BCUT2D eigenvalue weighted by Gasteiger charge is -2.21. The van der Waals surface area contributed by atoms with Crippen molar-refractivity contribution in [2.24, 2.45) is 10.9 Å². The van der Waals surface area contributed by atoms with Gasteiger partial charge in [0.25, 0.3) is 0 Å². The average Bonchev–Trinajstić information content (AvgIpc) is 3.52. The van der Waals surface area contributed by atoms with Gasteiger partial charge in [-0.05, 0) is 64.2 Å². The van der Waals surface area contributed by atoms with Crippen molar-refractivity contribution in [2.75, 3.05) is 33.3 Å². The third kappa shape index (κ3) is 8.21. The predicted molar refractivity (Wildman–Crippen MR) is 114 cm³/mol. The van der Waals surface area contributed by atoms with E-state index in [1.54, 1.807) is 0 Å². The molecule has 5 heteroatoms. The zero-order chi connectivity index (χ0) is 19.5. The molecule has 1 aromatic carbocycles. The summed E-state index contributed by atoms with van der Waals surface area (Å²) in [6.45, 7) is 11.7. The van der Waals surface area contributed by atoms with Crippen molar-refractivity contribution in [3.05, 3.63) is 29.8 Å². The predicted octanol–water partition coefficient (Wildman–Crippen LogP) is 3.65. The van der Waals surface area contributed by atoms with E-state index in [9.17, 15) is 0 Å². The molecule has 1 aliphatic rings. The molecule has 0 bridgehead atoms. The standard InChI is InChI=1S/C22H38N4O/c1-5-26(6-2)15-9-10-18(3)25-22(23-4)24-16-20-11-7-8-12-21(20)27-17-19-13-14-19/h7-8,11-12,18-19H,5-6,9-10,13-17H2,1-4H3,(H2,23,24,25). The second-order valence-corrected chi connectivity index (χ2v) is 7.50. The number of rotatable bonds is 12. The van der Waals surface area contributed by atoms with E-state index in [0.717, 1.165) is 50.3 Å². The Bertz CT molecular complexity index is 567. The minimum absolute atomic E-state index is 0.396. The minimum Gasteiger partial charge on any atom is -0.493 e. The van der Waals surface area contributed by atoms with Crippen LogP contribution in [0.3, 0.4) is 0 Å². The molecular weight excluding hydrogens is 336 g/mol. The van der Waals surface area contributed by atoms with Gasteiger partial charge in [0.1, 0.15) is 5.75 Å². The van der Waals surface area contributed by atoms with E-state index in [0.29, 0.717) is 12.6 Å². The molecule has 0 heterocycles. The molecule has 0 amide bonds. The number of benzene rings is 1. The first-order valence-electron chi connectivity index (χ1n) is 10.6. The highest BCUT2D eigenvalue weighted by atomic mass is 16.5. The summed E-state index contributed by atoms with van der Waals surface area (Å²) in [6.07, 6.45) is 4.95. The van der Waals surface area contributed by atoms with Crippen LogP contribution in [0.2, 0.25) is 0 Å². The zero-order valence-electron chi connectivity index (χ0n) is 17.6. The van der Waals surface area contributed by atoms with Crippen LogP contribution in [0.25, 0.3) is 0 Å². The Morgan fingerprint density at radius 2 is 2.00 bits per heavy atom. The summed E-state index contributed by atoms with van der Waals surface area (Å²) >= 11 is 0. The van der Waals surface area contributed by atoms with Crippen molar-refractivity contribution < 1.29 is 4.74 Å². The Morgan fingerprint density at radius 1 is 1.26 bits per heavy atom. The summed E-state index contributed by atoms with van der Waals surface area (Å²) in [5, 5.41) is 6.94. The first kappa shape index (κ1) is 21.5. The third-order valence-corrected chi connectivity index (χ3v) is 5.20. The molecule has 0 spiro atoms. The molecule has 0 aliphatic heterocycles. The third-order valence-electron chi connectivity index (χ3n) is 5.20. The van der Waals surface area contributed by atoms with Gasteiger partial charge in [0, 0.05) is 25.2 Å². The maximum atomic E-state index is 6.00. The van der Waals surface area contributed by atoms with Crippen LogP contribution in [0, 0.1) is 5.92 Å². The molecule has 27 heavy (non-hydrogen) atoms. The topological polar surface area (TPSA) is 48.9 Å². The summed E-state index contributed by atoms with van der Waals surface area (Å²) < 4.78 is 6.00. The van der Waals surface area contributed by atoms with Crippen LogP contribution >= 0.6 is 0 Å². The first-order valence-corrected chi connectivity index (χ1v) is 10.6. The number of ether oxygens (including phenoxy) is 1. The Balaban J connectivity index is 1.74. The number of guanidine groups is 1. The van der Waals surface area contributed by atoms with Gasteiger partial charge >= 0.3 is 0 Å². The van der Waals surface area contributed by atoms with Crippen molar-refractivity contribution in [1.29, 1.82) is 0 Å². The maximum Gasteiger partial charge on any atom is 0.191 e. The summed E-state index contributed by atoms with van der Waals surface area (Å²) in [5.74, 6) is 2.60. The van der Waals surface area contributed by atoms with Gasteiger partial charge in [0.05, 0.1) is 6.61 Å². The zero-order valence-corrected chi connectivity index (χ0v) is 17.6. The number of hydrogen-bond donors (Lipinski definition) is 2. The van der Waals surface area contributed by atoms with Gasteiger partial charge in [-0.25, -0.2) is 0 Å². The molecule has 1 aliphatic carbocycles. The van der Waals surface area contributed by atoms with E-state index in [2.05, 4.69) is 59.5 Å². The van der Waals surface area contributed by atoms with E-state index in [1.807, 2.05) is 13.1 Å². The van der Waals surface area contributed by atoms with Crippen molar-refractivity contribution in [3.63, 3.8) is 0 Å². The SMILES string of the molecule is CCN(CC)CCCC(C)NC(=NC)NCc1ccccc1OCC1CC1. The van der Waals surface area contributed by atoms with Crippen molar-refractivity contribution in [1.82, 2.24) is 15.5 Å². The number of para-hydroxylation sites is 1. The molecule has 1 aromatic rings. The summed E-state index contributed by atoms with van der Waals surface area (Å²) in [5.41, 5.74) is 1.18. The largest absolute Gasteiger partial charge is 0.493 e. The molecule has 2 N–H and O–H groups in total. The molecule has 1 saturated carbocycles. The van der Waals surface area contributed by atoms with E-state index in [-0.39, 0.29) is 0 Å². The van der Waals surface area contributed by atoms with Crippen LogP contribution in [0.15, 0.2) is 29.3 Å². The molecule has 1 unspecified atom stereocenters. The lowest BCUT2D eigenvalue weighted by molar-refractivity contribution is 0.292. The summed E-state index contributed by atoms with van der Waals surface area (Å²) in [4.78, 5) is 6.85. The van der Waals surface area contributed by atoms with Gasteiger partial charge in [0.15, 0.2) is 5.96 Å². The monoisotopic (exact) mass is 374 g/mol. The number of nitrogens with one attached hydrogen (secondary N) is 2.